The molecular formula is C20H20N2O4S. The molecule has 0 saturated carbocycles. The molecule has 6 nitrogen and oxygen atoms in total. The van der Waals surface area contributed by atoms with Crippen LogP contribution in [0, 0.1) is 0 Å². The third-order valence-electron chi connectivity index (χ3n) is 3.74. The zero-order chi connectivity index (χ0) is 19.1. The minimum absolute atomic E-state index is 0.0228. The molecule has 0 radical (unpaired) electrons. The Morgan fingerprint density at radius 1 is 1.22 bits per heavy atom. The normalized spacial score (nSPS) is 11.6. The SMILES string of the molecule is CC(Cc1ccsc1)NC(=O)COc1cccc(NC(=O)c2ccco2)c1. The van der Waals surface area contributed by atoms with Crippen LogP contribution < -0.4 is 15.4 Å². The van der Waals surface area contributed by atoms with Crippen LogP contribution in [0.4, 0.5) is 5.69 Å². The summed E-state index contributed by atoms with van der Waals surface area (Å²) in [6.07, 6.45) is 2.22. The molecule has 0 aliphatic heterocycles. The van der Waals surface area contributed by atoms with Crippen LogP contribution in [0.15, 0.2) is 63.9 Å². The molecule has 3 aromatic rings. The quantitative estimate of drug-likeness (QED) is 0.620. The van der Waals surface area contributed by atoms with Crippen molar-refractivity contribution in [2.45, 2.75) is 19.4 Å². The highest BCUT2D eigenvalue weighted by Gasteiger charge is 2.11. The molecule has 1 aromatic carbocycles. The van der Waals surface area contributed by atoms with Crippen LogP contribution in [-0.4, -0.2) is 24.5 Å². The van der Waals surface area contributed by atoms with E-state index >= 15 is 0 Å². The van der Waals surface area contributed by atoms with Gasteiger partial charge in [0, 0.05) is 17.8 Å². The summed E-state index contributed by atoms with van der Waals surface area (Å²) >= 11 is 1.64. The van der Waals surface area contributed by atoms with E-state index < -0.39 is 0 Å². The number of ether oxygens (including phenoxy) is 1. The Kier molecular flexibility index (Phi) is 6.27. The summed E-state index contributed by atoms with van der Waals surface area (Å²) in [5.41, 5.74) is 1.76. The number of carbonyl (C=O) groups excluding carboxylic acids is 2. The fraction of sp³-hybridized carbons (Fsp3) is 0.200. The molecule has 140 valence electrons. The van der Waals surface area contributed by atoms with Gasteiger partial charge in [-0.1, -0.05) is 6.07 Å². The van der Waals surface area contributed by atoms with Gasteiger partial charge in [0.2, 0.25) is 0 Å². The van der Waals surface area contributed by atoms with Gasteiger partial charge >= 0.3 is 0 Å². The second kappa shape index (κ2) is 9.05. The van der Waals surface area contributed by atoms with Gasteiger partial charge in [-0.25, -0.2) is 0 Å². The molecule has 0 spiro atoms. The molecule has 2 heterocycles. The van der Waals surface area contributed by atoms with E-state index in [1.165, 1.54) is 11.8 Å². The van der Waals surface area contributed by atoms with E-state index in [9.17, 15) is 9.59 Å². The van der Waals surface area contributed by atoms with Crippen molar-refractivity contribution < 1.29 is 18.7 Å². The van der Waals surface area contributed by atoms with E-state index in [1.807, 2.05) is 18.4 Å². The molecule has 2 N–H and O–H groups in total. The van der Waals surface area contributed by atoms with Crippen LogP contribution in [0.1, 0.15) is 23.0 Å². The zero-order valence-electron chi connectivity index (χ0n) is 14.8. The van der Waals surface area contributed by atoms with Crippen molar-refractivity contribution in [3.05, 3.63) is 70.8 Å². The number of furan rings is 1. The van der Waals surface area contributed by atoms with Gasteiger partial charge in [0.25, 0.3) is 11.8 Å². The number of thiophene rings is 1. The number of anilines is 1. The topological polar surface area (TPSA) is 80.6 Å². The molecule has 0 aliphatic rings. The summed E-state index contributed by atoms with van der Waals surface area (Å²) in [5, 5.41) is 9.72. The van der Waals surface area contributed by atoms with Crippen LogP contribution >= 0.6 is 11.3 Å². The molecule has 2 aromatic heterocycles. The lowest BCUT2D eigenvalue weighted by Crippen LogP contribution is -2.37. The third kappa shape index (κ3) is 5.72. The van der Waals surface area contributed by atoms with Gasteiger partial charge in [-0.05, 0) is 60.0 Å². The minimum Gasteiger partial charge on any atom is -0.484 e. The third-order valence-corrected chi connectivity index (χ3v) is 4.47. The van der Waals surface area contributed by atoms with Gasteiger partial charge in [-0.15, -0.1) is 0 Å². The van der Waals surface area contributed by atoms with E-state index in [4.69, 9.17) is 9.15 Å². The average molecular weight is 384 g/mol. The molecule has 0 bridgehead atoms. The van der Waals surface area contributed by atoms with Crippen molar-refractivity contribution >= 4 is 28.8 Å². The maximum Gasteiger partial charge on any atom is 0.291 e. The Morgan fingerprint density at radius 3 is 2.85 bits per heavy atom. The zero-order valence-corrected chi connectivity index (χ0v) is 15.6. The molecular weight excluding hydrogens is 364 g/mol. The van der Waals surface area contributed by atoms with Crippen molar-refractivity contribution in [1.29, 1.82) is 0 Å². The fourth-order valence-electron chi connectivity index (χ4n) is 2.54. The second-order valence-corrected chi connectivity index (χ2v) is 6.83. The molecule has 0 aliphatic carbocycles. The van der Waals surface area contributed by atoms with Gasteiger partial charge in [0.05, 0.1) is 6.26 Å². The van der Waals surface area contributed by atoms with Gasteiger partial charge in [-0.3, -0.25) is 9.59 Å². The Hall–Kier alpha value is -3.06. The smallest absolute Gasteiger partial charge is 0.291 e. The lowest BCUT2D eigenvalue weighted by Gasteiger charge is -2.14. The van der Waals surface area contributed by atoms with E-state index in [0.717, 1.165) is 6.42 Å². The number of nitrogens with one attached hydrogen (secondary N) is 2. The Morgan fingerprint density at radius 2 is 2.11 bits per heavy atom. The summed E-state index contributed by atoms with van der Waals surface area (Å²) in [7, 11) is 0. The first kappa shape index (κ1) is 18.7. The molecule has 2 amide bonds. The maximum absolute atomic E-state index is 12.1. The predicted molar refractivity (Wildman–Crippen MR) is 104 cm³/mol. The largest absolute Gasteiger partial charge is 0.484 e. The fourth-order valence-corrected chi connectivity index (χ4v) is 3.22. The van der Waals surface area contributed by atoms with Crippen LogP contribution in [0.5, 0.6) is 5.75 Å². The lowest BCUT2D eigenvalue weighted by atomic mass is 10.1. The number of benzene rings is 1. The molecule has 1 atom stereocenters. The van der Waals surface area contributed by atoms with E-state index in [-0.39, 0.29) is 30.2 Å². The van der Waals surface area contributed by atoms with Crippen molar-refractivity contribution in [2.75, 3.05) is 11.9 Å². The Labute approximate surface area is 161 Å². The molecule has 0 saturated heterocycles. The lowest BCUT2D eigenvalue weighted by molar-refractivity contribution is -0.123. The maximum atomic E-state index is 12.1. The molecule has 0 fully saturated rings. The summed E-state index contributed by atoms with van der Waals surface area (Å²) in [5.74, 6) is 0.174. The van der Waals surface area contributed by atoms with Gasteiger partial charge in [0.1, 0.15) is 5.75 Å². The highest BCUT2D eigenvalue weighted by Crippen LogP contribution is 2.18. The predicted octanol–water partition coefficient (Wildman–Crippen LogP) is 3.72. The summed E-state index contributed by atoms with van der Waals surface area (Å²) in [6.45, 7) is 1.86. The van der Waals surface area contributed by atoms with Crippen LogP contribution in [0.2, 0.25) is 0 Å². The monoisotopic (exact) mass is 384 g/mol. The number of carbonyl (C=O) groups is 2. The van der Waals surface area contributed by atoms with Crippen molar-refractivity contribution in [1.82, 2.24) is 5.32 Å². The van der Waals surface area contributed by atoms with E-state index in [0.29, 0.717) is 11.4 Å². The first-order valence-corrected chi connectivity index (χ1v) is 9.42. The van der Waals surface area contributed by atoms with Gasteiger partial charge < -0.3 is 19.8 Å². The van der Waals surface area contributed by atoms with Gasteiger partial charge in [-0.2, -0.15) is 11.3 Å². The standard InChI is InChI=1S/C20H20N2O4S/c1-14(10-15-7-9-27-13-15)21-19(23)12-26-17-5-2-4-16(11-17)22-20(24)18-6-3-8-25-18/h2-9,11,13-14H,10,12H2,1H3,(H,21,23)(H,22,24). The minimum atomic E-state index is -0.350. The van der Waals surface area contributed by atoms with Crippen LogP contribution in [0.3, 0.4) is 0 Å². The first-order valence-electron chi connectivity index (χ1n) is 8.48. The molecule has 3 rings (SSSR count). The van der Waals surface area contributed by atoms with Crippen molar-refractivity contribution in [2.24, 2.45) is 0 Å². The number of hydrogen-bond acceptors (Lipinski definition) is 5. The highest BCUT2D eigenvalue weighted by molar-refractivity contribution is 7.07. The van der Waals surface area contributed by atoms with Crippen LogP contribution in [-0.2, 0) is 11.2 Å². The summed E-state index contributed by atoms with van der Waals surface area (Å²) in [4.78, 5) is 24.1. The molecule has 1 unspecified atom stereocenters. The highest BCUT2D eigenvalue weighted by atomic mass is 32.1. The summed E-state index contributed by atoms with van der Waals surface area (Å²) in [6, 6.07) is 12.2. The average Bonchev–Trinajstić information content (AvgIpc) is 3.34. The van der Waals surface area contributed by atoms with Crippen molar-refractivity contribution in [3.63, 3.8) is 0 Å². The number of amides is 2. The number of rotatable bonds is 8. The Balaban J connectivity index is 1.47. The second-order valence-electron chi connectivity index (χ2n) is 6.05. The molecule has 27 heavy (non-hydrogen) atoms. The van der Waals surface area contributed by atoms with E-state index in [2.05, 4.69) is 16.0 Å². The van der Waals surface area contributed by atoms with Crippen molar-refractivity contribution in [3.8, 4) is 5.75 Å². The Bertz CT molecular complexity index is 875. The first-order chi connectivity index (χ1) is 13.1. The van der Waals surface area contributed by atoms with E-state index in [1.54, 1.807) is 47.7 Å². The van der Waals surface area contributed by atoms with Crippen LogP contribution in [0.25, 0.3) is 0 Å². The summed E-state index contributed by atoms with van der Waals surface area (Å²) < 4.78 is 10.6. The molecule has 7 heteroatoms. The van der Waals surface area contributed by atoms with Gasteiger partial charge in [0.15, 0.2) is 12.4 Å². The number of hydrogen-bond donors (Lipinski definition) is 2.